The van der Waals surface area contributed by atoms with Crippen LogP contribution in [0.2, 0.25) is 0 Å². The van der Waals surface area contributed by atoms with Gasteiger partial charge in [0.2, 0.25) is 10.0 Å². The van der Waals surface area contributed by atoms with E-state index in [1.54, 1.807) is 13.8 Å². The zero-order chi connectivity index (χ0) is 14.0. The maximum absolute atomic E-state index is 13.4. The van der Waals surface area contributed by atoms with E-state index in [4.69, 9.17) is 10.5 Å². The van der Waals surface area contributed by atoms with Crippen LogP contribution >= 0.6 is 12.4 Å². The van der Waals surface area contributed by atoms with Crippen LogP contribution in [0.15, 0.2) is 23.1 Å². The lowest BCUT2D eigenvalue weighted by Gasteiger charge is -2.19. The molecule has 0 heterocycles. The molecule has 0 atom stereocenters. The van der Waals surface area contributed by atoms with Crippen molar-refractivity contribution in [2.45, 2.75) is 24.3 Å². The van der Waals surface area contributed by atoms with E-state index in [1.165, 1.54) is 19.2 Å². The monoisotopic (exact) mass is 312 g/mol. The molecule has 1 rings (SSSR count). The number of hydrogen-bond acceptors (Lipinski definition) is 4. The van der Waals surface area contributed by atoms with E-state index < -0.39 is 21.4 Å². The maximum Gasteiger partial charge on any atom is 0.240 e. The van der Waals surface area contributed by atoms with Crippen molar-refractivity contribution >= 4 is 22.4 Å². The summed E-state index contributed by atoms with van der Waals surface area (Å²) in [6.45, 7) is 3.43. The lowest BCUT2D eigenvalue weighted by molar-refractivity contribution is 0.385. The third-order valence-electron chi connectivity index (χ3n) is 2.15. The van der Waals surface area contributed by atoms with Crippen molar-refractivity contribution in [3.63, 3.8) is 0 Å². The first kappa shape index (κ1) is 18.1. The molecular weight excluding hydrogens is 295 g/mol. The van der Waals surface area contributed by atoms with Crippen LogP contribution in [0, 0.1) is 5.82 Å². The predicted octanol–water partition coefficient (Wildman–Crippen LogP) is 1.27. The normalized spacial score (nSPS) is 11.8. The smallest absolute Gasteiger partial charge is 0.240 e. The SMILES string of the molecule is COc1ccc(S(=O)(=O)NCC(C)(C)N)cc1F.Cl. The fraction of sp³-hybridized carbons (Fsp3) is 0.455. The average Bonchev–Trinajstić information content (AvgIpc) is 2.25. The predicted molar refractivity (Wildman–Crippen MR) is 73.7 cm³/mol. The maximum atomic E-state index is 13.4. The summed E-state index contributed by atoms with van der Waals surface area (Å²) in [6, 6.07) is 3.44. The van der Waals surface area contributed by atoms with Gasteiger partial charge in [-0.05, 0) is 32.0 Å². The highest BCUT2D eigenvalue weighted by atomic mass is 35.5. The molecule has 0 saturated heterocycles. The topological polar surface area (TPSA) is 81.4 Å². The summed E-state index contributed by atoms with van der Waals surface area (Å²) in [5, 5.41) is 0. The van der Waals surface area contributed by atoms with Crippen molar-refractivity contribution in [3.05, 3.63) is 24.0 Å². The van der Waals surface area contributed by atoms with Crippen LogP contribution in [0.4, 0.5) is 4.39 Å². The van der Waals surface area contributed by atoms with Gasteiger partial charge in [-0.1, -0.05) is 0 Å². The molecule has 110 valence electrons. The van der Waals surface area contributed by atoms with Crippen molar-refractivity contribution in [2.24, 2.45) is 5.73 Å². The Morgan fingerprint density at radius 1 is 1.42 bits per heavy atom. The molecule has 1 aromatic carbocycles. The Balaban J connectivity index is 0.00000324. The molecule has 8 heteroatoms. The fourth-order valence-corrected chi connectivity index (χ4v) is 2.41. The molecule has 0 unspecified atom stereocenters. The van der Waals surface area contributed by atoms with Gasteiger partial charge in [0.15, 0.2) is 11.6 Å². The summed E-state index contributed by atoms with van der Waals surface area (Å²) >= 11 is 0. The number of nitrogens with two attached hydrogens (primary N) is 1. The molecule has 1 aromatic rings. The summed E-state index contributed by atoms with van der Waals surface area (Å²) in [5.41, 5.74) is 4.99. The number of ether oxygens (including phenoxy) is 1. The lowest BCUT2D eigenvalue weighted by atomic mass is 10.1. The molecule has 0 radical (unpaired) electrons. The summed E-state index contributed by atoms with van der Waals surface area (Å²) in [4.78, 5) is -0.162. The highest BCUT2D eigenvalue weighted by Crippen LogP contribution is 2.20. The number of sulfonamides is 1. The number of nitrogens with one attached hydrogen (secondary N) is 1. The number of benzene rings is 1. The fourth-order valence-electron chi connectivity index (χ4n) is 1.18. The van der Waals surface area contributed by atoms with Gasteiger partial charge in [-0.3, -0.25) is 0 Å². The van der Waals surface area contributed by atoms with Crippen LogP contribution < -0.4 is 15.2 Å². The van der Waals surface area contributed by atoms with E-state index in [-0.39, 0.29) is 29.6 Å². The van der Waals surface area contributed by atoms with Crippen LogP contribution in [-0.4, -0.2) is 27.6 Å². The van der Waals surface area contributed by atoms with E-state index in [0.717, 1.165) is 6.07 Å². The number of methoxy groups -OCH3 is 1. The van der Waals surface area contributed by atoms with Gasteiger partial charge < -0.3 is 10.5 Å². The van der Waals surface area contributed by atoms with Gasteiger partial charge in [-0.2, -0.15) is 0 Å². The first-order chi connectivity index (χ1) is 8.15. The van der Waals surface area contributed by atoms with Crippen molar-refractivity contribution in [3.8, 4) is 5.75 Å². The molecule has 0 bridgehead atoms. The van der Waals surface area contributed by atoms with Gasteiger partial charge >= 0.3 is 0 Å². The van der Waals surface area contributed by atoms with Gasteiger partial charge in [0, 0.05) is 12.1 Å². The molecule has 0 aromatic heterocycles. The van der Waals surface area contributed by atoms with Crippen LogP contribution in [0.25, 0.3) is 0 Å². The molecule has 0 spiro atoms. The number of rotatable bonds is 5. The third-order valence-corrected chi connectivity index (χ3v) is 3.55. The first-order valence-electron chi connectivity index (χ1n) is 5.28. The second kappa shape index (κ2) is 6.51. The van der Waals surface area contributed by atoms with Crippen LogP contribution in [-0.2, 0) is 10.0 Å². The number of hydrogen-bond donors (Lipinski definition) is 2. The largest absolute Gasteiger partial charge is 0.494 e. The molecule has 0 amide bonds. The summed E-state index contributed by atoms with van der Waals surface area (Å²) in [6.07, 6.45) is 0. The molecule has 0 fully saturated rings. The van der Waals surface area contributed by atoms with Crippen molar-refractivity contribution in [1.29, 1.82) is 0 Å². The van der Waals surface area contributed by atoms with Crippen LogP contribution in [0.5, 0.6) is 5.75 Å². The van der Waals surface area contributed by atoms with E-state index in [1.807, 2.05) is 0 Å². The average molecular weight is 313 g/mol. The van der Waals surface area contributed by atoms with Crippen molar-refractivity contribution < 1.29 is 17.5 Å². The highest BCUT2D eigenvalue weighted by Gasteiger charge is 2.20. The van der Waals surface area contributed by atoms with Crippen molar-refractivity contribution in [1.82, 2.24) is 4.72 Å². The second-order valence-corrected chi connectivity index (χ2v) is 6.38. The first-order valence-corrected chi connectivity index (χ1v) is 6.76. The minimum absolute atomic E-state index is 0. The van der Waals surface area contributed by atoms with E-state index in [9.17, 15) is 12.8 Å². The van der Waals surface area contributed by atoms with Gasteiger partial charge in [-0.25, -0.2) is 17.5 Å². The lowest BCUT2D eigenvalue weighted by Crippen LogP contribution is -2.45. The molecular formula is C11H18ClFN2O3S. The Morgan fingerprint density at radius 2 is 2.00 bits per heavy atom. The minimum atomic E-state index is -3.77. The quantitative estimate of drug-likeness (QED) is 0.858. The molecule has 19 heavy (non-hydrogen) atoms. The minimum Gasteiger partial charge on any atom is -0.494 e. The molecule has 5 nitrogen and oxygen atoms in total. The van der Waals surface area contributed by atoms with Gasteiger partial charge in [0.1, 0.15) is 0 Å². The van der Waals surface area contributed by atoms with E-state index in [2.05, 4.69) is 4.72 Å². The van der Waals surface area contributed by atoms with Gasteiger partial charge in [0.05, 0.1) is 12.0 Å². The molecule has 0 saturated carbocycles. The molecule has 0 aliphatic carbocycles. The van der Waals surface area contributed by atoms with Gasteiger partial charge in [0.25, 0.3) is 0 Å². The van der Waals surface area contributed by atoms with Gasteiger partial charge in [-0.15, -0.1) is 12.4 Å². The zero-order valence-electron chi connectivity index (χ0n) is 10.9. The van der Waals surface area contributed by atoms with Crippen LogP contribution in [0.1, 0.15) is 13.8 Å². The summed E-state index contributed by atoms with van der Waals surface area (Å²) in [5.74, 6) is -0.736. The van der Waals surface area contributed by atoms with Crippen LogP contribution in [0.3, 0.4) is 0 Å². The van der Waals surface area contributed by atoms with Crippen molar-refractivity contribution in [2.75, 3.05) is 13.7 Å². The molecule has 3 N–H and O–H groups in total. The Bertz CT molecular complexity index is 529. The Morgan fingerprint density at radius 3 is 2.42 bits per heavy atom. The highest BCUT2D eigenvalue weighted by molar-refractivity contribution is 7.89. The summed E-state index contributed by atoms with van der Waals surface area (Å²) < 4.78 is 44.2. The Labute approximate surface area is 118 Å². The van der Waals surface area contributed by atoms with E-state index in [0.29, 0.717) is 0 Å². The second-order valence-electron chi connectivity index (χ2n) is 4.61. The zero-order valence-corrected chi connectivity index (χ0v) is 12.6. The molecule has 0 aliphatic heterocycles. The Kier molecular flexibility index (Phi) is 6.21. The third kappa shape index (κ3) is 5.32. The molecule has 0 aliphatic rings. The Hall–Kier alpha value is -0.890. The standard InChI is InChI=1S/C11H17FN2O3S.ClH/c1-11(2,13)7-14-18(15,16)8-4-5-10(17-3)9(12)6-8;/h4-6,14H,7,13H2,1-3H3;1H. The number of halogens is 2. The van der Waals surface area contributed by atoms with E-state index >= 15 is 0 Å². The summed E-state index contributed by atoms with van der Waals surface area (Å²) in [7, 11) is -2.46.